The highest BCUT2D eigenvalue weighted by atomic mass is 31.2. The van der Waals surface area contributed by atoms with Crippen molar-refractivity contribution >= 4 is 19.7 Å². The summed E-state index contributed by atoms with van der Waals surface area (Å²) in [5.41, 5.74) is 0. The summed E-state index contributed by atoms with van der Waals surface area (Å²) in [4.78, 5) is 37.5. The van der Waals surface area contributed by atoms with Crippen LogP contribution < -0.4 is 5.32 Å². The second-order valence-electron chi connectivity index (χ2n) is 20.9. The first kappa shape index (κ1) is 67.0. The van der Waals surface area contributed by atoms with Gasteiger partial charge < -0.3 is 19.4 Å². The first-order valence-electron chi connectivity index (χ1n) is 29.0. The van der Waals surface area contributed by atoms with Crippen molar-refractivity contribution in [1.82, 2.24) is 5.32 Å². The molecule has 9 nitrogen and oxygen atoms in total. The van der Waals surface area contributed by atoms with Crippen molar-refractivity contribution in [3.63, 3.8) is 0 Å². The molecule has 69 heavy (non-hydrogen) atoms. The van der Waals surface area contributed by atoms with Crippen molar-refractivity contribution in [2.75, 3.05) is 40.9 Å². The maximum atomic E-state index is 13.5. The molecule has 3 unspecified atom stereocenters. The van der Waals surface area contributed by atoms with E-state index in [2.05, 4.69) is 62.5 Å². The summed E-state index contributed by atoms with van der Waals surface area (Å²) in [5, 5.41) is 3.05. The van der Waals surface area contributed by atoms with Crippen molar-refractivity contribution in [1.29, 1.82) is 0 Å². The summed E-state index contributed by atoms with van der Waals surface area (Å²) in [5.74, 6) is -0.522. The predicted molar refractivity (Wildman–Crippen MR) is 295 cm³/mol. The maximum absolute atomic E-state index is 13.5. The number of phosphoric acid groups is 1. The van der Waals surface area contributed by atoms with Gasteiger partial charge in [-0.25, -0.2) is 4.57 Å². The van der Waals surface area contributed by atoms with Crippen LogP contribution in [0.5, 0.6) is 0 Å². The number of carbonyl (C=O) groups is 2. The van der Waals surface area contributed by atoms with E-state index in [-0.39, 0.29) is 31.5 Å². The Morgan fingerprint density at radius 2 is 0.928 bits per heavy atom. The fourth-order valence-electron chi connectivity index (χ4n) is 8.35. The molecule has 0 heterocycles. The molecule has 3 atom stereocenters. The standard InChI is InChI=1S/C59H111N2O7P/c1-7-10-13-16-19-22-25-27-28-29-30-31-32-34-36-39-42-45-48-51-58(62)60-56(55-67-69(64,65)66-54-53-61(4,5)6)57(50-47-44-41-38-35-24-21-18-15-12-9-3)68-59(63)52-49-46-43-40-37-33-26-23-20-17-14-11-8-2/h11,14,17,20,23,26,47,50,56-57H,7-10,12-13,15-16,18-19,21-22,24-25,27-46,48-49,51-55H2,1-6H3,(H-,60,62,64,65)/p+1/b14-11+,20-17+,26-23-,50-47+. The number of hydrogen-bond donors (Lipinski definition) is 2. The summed E-state index contributed by atoms with van der Waals surface area (Å²) in [6.07, 6.45) is 59.7. The Kier molecular flexibility index (Phi) is 48.1. The number of esters is 1. The lowest BCUT2D eigenvalue weighted by Gasteiger charge is -2.27. The Balaban J connectivity index is 5.25. The smallest absolute Gasteiger partial charge is 0.456 e. The van der Waals surface area contributed by atoms with Gasteiger partial charge in [-0.1, -0.05) is 250 Å². The number of allylic oxidation sites excluding steroid dienone is 7. The lowest BCUT2D eigenvalue weighted by molar-refractivity contribution is -0.870. The van der Waals surface area contributed by atoms with Crippen LogP contribution in [-0.4, -0.2) is 74.3 Å². The molecule has 0 bridgehead atoms. The van der Waals surface area contributed by atoms with Crippen LogP contribution in [0.3, 0.4) is 0 Å². The third kappa shape index (κ3) is 50.7. The van der Waals surface area contributed by atoms with E-state index in [1.54, 1.807) is 0 Å². The summed E-state index contributed by atoms with van der Waals surface area (Å²) >= 11 is 0. The third-order valence-electron chi connectivity index (χ3n) is 12.8. The first-order chi connectivity index (χ1) is 33.4. The number of nitrogens with one attached hydrogen (secondary N) is 1. The molecule has 1 amide bonds. The largest absolute Gasteiger partial charge is 0.472 e. The van der Waals surface area contributed by atoms with Gasteiger partial charge in [0.25, 0.3) is 0 Å². The highest BCUT2D eigenvalue weighted by Gasteiger charge is 2.30. The van der Waals surface area contributed by atoms with Crippen molar-refractivity contribution in [3.05, 3.63) is 48.6 Å². The van der Waals surface area contributed by atoms with Gasteiger partial charge in [0.05, 0.1) is 33.8 Å². The van der Waals surface area contributed by atoms with Crippen molar-refractivity contribution in [2.45, 2.75) is 277 Å². The van der Waals surface area contributed by atoms with Crippen molar-refractivity contribution < 1.29 is 37.3 Å². The van der Waals surface area contributed by atoms with Crippen LogP contribution >= 0.6 is 7.82 Å². The summed E-state index contributed by atoms with van der Waals surface area (Å²) in [6.45, 7) is 6.87. The Bertz CT molecular complexity index is 1330. The van der Waals surface area contributed by atoms with E-state index in [0.717, 1.165) is 83.5 Å². The normalized spacial score (nSPS) is 14.1. The number of likely N-dealkylation sites (N-methyl/N-ethyl adjacent to an activating group) is 1. The monoisotopic (exact) mass is 992 g/mol. The topological polar surface area (TPSA) is 111 Å². The molecule has 0 aromatic rings. The van der Waals surface area contributed by atoms with Gasteiger partial charge in [0, 0.05) is 12.8 Å². The molecule has 2 N–H and O–H groups in total. The zero-order chi connectivity index (χ0) is 50.8. The average Bonchev–Trinajstić information content (AvgIpc) is 3.31. The van der Waals surface area contributed by atoms with Gasteiger partial charge in [-0.3, -0.25) is 18.6 Å². The van der Waals surface area contributed by atoms with Gasteiger partial charge in [-0.05, 0) is 51.0 Å². The number of rotatable bonds is 52. The van der Waals surface area contributed by atoms with Crippen LogP contribution in [0.4, 0.5) is 0 Å². The molecule has 0 aromatic carbocycles. The first-order valence-corrected chi connectivity index (χ1v) is 30.5. The molecule has 0 spiro atoms. The van der Waals surface area contributed by atoms with Crippen LogP contribution in [0.15, 0.2) is 48.6 Å². The minimum atomic E-state index is -4.44. The SMILES string of the molecule is CC/C=C/C=C/C=C\CCCCCCCC(=O)OC(/C=C/CCCCCCCCCCC)C(COP(=O)(O)OCC[N+](C)(C)C)NC(=O)CCCCCCCCCCCCCCCCCCCCC. The molecule has 0 aliphatic carbocycles. The molecular formula is C59H112N2O7P+. The highest BCUT2D eigenvalue weighted by molar-refractivity contribution is 7.47. The lowest BCUT2D eigenvalue weighted by atomic mass is 10.0. The zero-order valence-electron chi connectivity index (χ0n) is 46.1. The van der Waals surface area contributed by atoms with Crippen LogP contribution in [0, 0.1) is 0 Å². The van der Waals surface area contributed by atoms with E-state index < -0.39 is 20.0 Å². The number of unbranched alkanes of at least 4 members (excludes halogenated alkanes) is 32. The van der Waals surface area contributed by atoms with E-state index in [1.165, 1.54) is 148 Å². The molecule has 0 aliphatic heterocycles. The Labute approximate surface area is 427 Å². The molecule has 0 radical (unpaired) electrons. The van der Waals surface area contributed by atoms with Gasteiger partial charge in [0.15, 0.2) is 0 Å². The fourth-order valence-corrected chi connectivity index (χ4v) is 9.09. The quantitative estimate of drug-likeness (QED) is 0.0156. The van der Waals surface area contributed by atoms with Gasteiger partial charge in [0.2, 0.25) is 5.91 Å². The minimum absolute atomic E-state index is 0.0374. The average molecular weight is 993 g/mol. The molecule has 0 saturated carbocycles. The number of ether oxygens (including phenoxy) is 1. The van der Waals surface area contributed by atoms with E-state index in [0.29, 0.717) is 17.4 Å². The van der Waals surface area contributed by atoms with Crippen LogP contribution in [0.1, 0.15) is 265 Å². The number of quaternary nitrogens is 1. The zero-order valence-corrected chi connectivity index (χ0v) is 47.0. The summed E-state index contributed by atoms with van der Waals surface area (Å²) in [7, 11) is 1.49. The molecule has 0 rings (SSSR count). The number of nitrogens with zero attached hydrogens (tertiary/aromatic N) is 1. The van der Waals surface area contributed by atoms with Gasteiger partial charge in [-0.15, -0.1) is 0 Å². The molecule has 0 aromatic heterocycles. The molecule has 404 valence electrons. The van der Waals surface area contributed by atoms with E-state index in [1.807, 2.05) is 33.3 Å². The van der Waals surface area contributed by atoms with Crippen LogP contribution in [0.2, 0.25) is 0 Å². The lowest BCUT2D eigenvalue weighted by Crippen LogP contribution is -2.47. The molecule has 0 saturated heterocycles. The van der Waals surface area contributed by atoms with E-state index in [4.69, 9.17) is 13.8 Å². The van der Waals surface area contributed by atoms with Gasteiger partial charge in [-0.2, -0.15) is 0 Å². The minimum Gasteiger partial charge on any atom is -0.456 e. The van der Waals surface area contributed by atoms with E-state index in [9.17, 15) is 19.0 Å². The fraction of sp³-hybridized carbons (Fsp3) is 0.831. The summed E-state index contributed by atoms with van der Waals surface area (Å²) in [6, 6.07) is -0.853. The van der Waals surface area contributed by atoms with Gasteiger partial charge >= 0.3 is 13.8 Å². The number of amides is 1. The highest BCUT2D eigenvalue weighted by Crippen LogP contribution is 2.43. The number of phosphoric ester groups is 1. The molecular weight excluding hydrogens is 880 g/mol. The second-order valence-corrected chi connectivity index (χ2v) is 22.3. The Morgan fingerprint density at radius 3 is 1.38 bits per heavy atom. The summed E-state index contributed by atoms with van der Waals surface area (Å²) < 4.78 is 30.6. The third-order valence-corrected chi connectivity index (χ3v) is 13.8. The molecule has 10 heteroatoms. The Morgan fingerprint density at radius 1 is 0.522 bits per heavy atom. The second kappa shape index (κ2) is 49.5. The van der Waals surface area contributed by atoms with Gasteiger partial charge in [0.1, 0.15) is 19.3 Å². The number of carbonyl (C=O) groups excluding carboxylic acids is 2. The van der Waals surface area contributed by atoms with Crippen molar-refractivity contribution in [2.24, 2.45) is 0 Å². The van der Waals surface area contributed by atoms with Crippen molar-refractivity contribution in [3.8, 4) is 0 Å². The van der Waals surface area contributed by atoms with E-state index >= 15 is 0 Å². The number of hydrogen-bond acceptors (Lipinski definition) is 6. The van der Waals surface area contributed by atoms with Crippen LogP contribution in [0.25, 0.3) is 0 Å². The molecule has 0 fully saturated rings. The maximum Gasteiger partial charge on any atom is 0.472 e. The van der Waals surface area contributed by atoms with Crippen LogP contribution in [-0.2, 0) is 27.9 Å². The Hall–Kier alpha value is -2.03. The molecule has 0 aliphatic rings. The predicted octanol–water partition coefficient (Wildman–Crippen LogP) is 17.3.